The minimum absolute atomic E-state index is 0.00253. The van der Waals surface area contributed by atoms with Gasteiger partial charge in [0.1, 0.15) is 35.8 Å². The fourth-order valence-corrected chi connectivity index (χ4v) is 12.6. The van der Waals surface area contributed by atoms with Crippen LogP contribution in [0.5, 0.6) is 0 Å². The van der Waals surface area contributed by atoms with Crippen molar-refractivity contribution in [2.75, 3.05) is 66.0 Å². The Balaban J connectivity index is 0.909. The predicted molar refractivity (Wildman–Crippen MR) is 308 cm³/mol. The van der Waals surface area contributed by atoms with E-state index in [0.717, 1.165) is 59.9 Å². The van der Waals surface area contributed by atoms with E-state index in [0.29, 0.717) is 17.3 Å². The number of ether oxygens (including phenoxy) is 2. The number of nitrogens with one attached hydrogen (secondary N) is 4. The van der Waals surface area contributed by atoms with Crippen molar-refractivity contribution < 1.29 is 40.7 Å². The Bertz CT molecular complexity index is 3260. The number of hydrogen-bond donors (Lipinski definition) is 4. The van der Waals surface area contributed by atoms with Crippen LogP contribution in [0.2, 0.25) is 0 Å². The third-order valence-corrected chi connectivity index (χ3v) is 18.2. The molecule has 4 N–H and O–H groups in total. The molecule has 4 aromatic carbocycles. The van der Waals surface area contributed by atoms with Gasteiger partial charge >= 0.3 is 6.09 Å². The minimum atomic E-state index is -3.58. The smallest absolute Gasteiger partial charge is 0.407 e. The van der Waals surface area contributed by atoms with Gasteiger partial charge in [0, 0.05) is 39.3 Å². The van der Waals surface area contributed by atoms with Crippen LogP contribution >= 0.6 is 0 Å². The number of nitrogens with zero attached hydrogens (tertiary/aromatic N) is 6. The number of hydrogen-bond acceptors (Lipinski definition) is 12. The number of H-pyrrole nitrogens is 2. The number of imidazole rings is 2. The first-order chi connectivity index (χ1) is 38.1. The van der Waals surface area contributed by atoms with E-state index in [-0.39, 0.29) is 68.8 Å². The highest BCUT2D eigenvalue weighted by Gasteiger charge is 2.42. The van der Waals surface area contributed by atoms with Crippen molar-refractivity contribution in [2.24, 2.45) is 11.8 Å². The highest BCUT2D eigenvalue weighted by Crippen LogP contribution is 2.36. The van der Waals surface area contributed by atoms with Crippen LogP contribution in [0.15, 0.2) is 110 Å². The number of methoxy groups -OCH3 is 2. The van der Waals surface area contributed by atoms with Crippen molar-refractivity contribution in [1.29, 1.82) is 0 Å². The number of sulfonamides is 2. The molecule has 4 bridgehead atoms. The molecule has 2 aliphatic heterocycles. The van der Waals surface area contributed by atoms with Crippen LogP contribution < -0.4 is 10.6 Å². The standard InChI is InChI=1S/C59H72N10O9S2/c1-36(2)53(62-38(5)77-6)57(70)68-28-26-66(79(8,73)74)34-51(68)55-60-32-49(63-55)45-22-18-43(19-23-45)47-30-39-10-14-41(47)15-11-40-13-17-42(16-12-39)48(31-40)44-20-24-46(25-21-44)50-33-61-56(64-50)52-35-67(80(9,75)76)27-29-69(52)58(71)54(37(3)4)65-59(72)78-7/h10,13-14,17-25,30-33,36-37,51-54,62H,5,11-12,15-16,26-29,34-35H2,1-4,6-9H3,(H,60,63)(H,61,64)(H,65,72)/t51-,52-,53-,54-/m0/s1. The van der Waals surface area contributed by atoms with Gasteiger partial charge in [0.25, 0.3) is 0 Å². The molecule has 0 unspecified atom stereocenters. The molecule has 4 atom stereocenters. The molecule has 6 aliphatic rings. The number of benzene rings is 4. The molecule has 424 valence electrons. The monoisotopic (exact) mass is 1130 g/mol. The highest BCUT2D eigenvalue weighted by molar-refractivity contribution is 7.88. The molecule has 12 rings (SSSR count). The third-order valence-electron chi connectivity index (χ3n) is 15.6. The van der Waals surface area contributed by atoms with Gasteiger partial charge in [0.15, 0.2) is 5.88 Å². The second-order valence-electron chi connectivity index (χ2n) is 21.7. The average molecular weight is 1130 g/mol. The van der Waals surface area contributed by atoms with E-state index < -0.39 is 50.3 Å². The Morgan fingerprint density at radius 1 is 0.575 bits per heavy atom. The van der Waals surface area contributed by atoms with E-state index in [9.17, 15) is 31.2 Å². The summed E-state index contributed by atoms with van der Waals surface area (Å²) >= 11 is 0. The molecule has 6 aromatic rings. The van der Waals surface area contributed by atoms with Crippen molar-refractivity contribution in [3.05, 3.63) is 144 Å². The maximum atomic E-state index is 14.2. The second kappa shape index (κ2) is 23.8. The molecule has 19 nitrogen and oxygen atoms in total. The molecule has 2 fully saturated rings. The lowest BCUT2D eigenvalue weighted by Crippen LogP contribution is -2.58. The number of alkyl carbamates (subject to hydrolysis) is 1. The van der Waals surface area contributed by atoms with E-state index in [4.69, 9.17) is 19.4 Å². The highest BCUT2D eigenvalue weighted by atomic mass is 32.2. The molecule has 21 heteroatoms. The first-order valence-electron chi connectivity index (χ1n) is 27.0. The minimum Gasteiger partial charge on any atom is -0.483 e. The lowest BCUT2D eigenvalue weighted by molar-refractivity contribution is -0.139. The van der Waals surface area contributed by atoms with Gasteiger partial charge in [-0.15, -0.1) is 0 Å². The van der Waals surface area contributed by atoms with Crippen molar-refractivity contribution in [1.82, 2.24) is 49.0 Å². The Morgan fingerprint density at radius 2 is 0.975 bits per heavy atom. The summed E-state index contributed by atoms with van der Waals surface area (Å²) in [5.74, 6) is 0.267. The lowest BCUT2D eigenvalue weighted by atomic mass is 9.87. The summed E-state index contributed by atoms with van der Waals surface area (Å²) in [5.41, 5.74) is 12.7. The van der Waals surface area contributed by atoms with Crippen molar-refractivity contribution in [2.45, 2.75) is 77.5 Å². The van der Waals surface area contributed by atoms with Crippen LogP contribution in [0, 0.1) is 11.8 Å². The van der Waals surface area contributed by atoms with Gasteiger partial charge < -0.3 is 39.9 Å². The molecule has 4 heterocycles. The predicted octanol–water partition coefficient (Wildman–Crippen LogP) is 7.09. The van der Waals surface area contributed by atoms with Gasteiger partial charge in [-0.1, -0.05) is 113 Å². The zero-order valence-corrected chi connectivity index (χ0v) is 48.3. The van der Waals surface area contributed by atoms with Gasteiger partial charge in [-0.2, -0.15) is 8.61 Å². The summed E-state index contributed by atoms with van der Waals surface area (Å²) in [6.45, 7) is 12.0. The fourth-order valence-electron chi connectivity index (χ4n) is 11.0. The topological polar surface area (TPSA) is 232 Å². The maximum Gasteiger partial charge on any atom is 0.407 e. The molecule has 0 radical (unpaired) electrons. The molecule has 0 spiro atoms. The van der Waals surface area contributed by atoms with Crippen LogP contribution in [0.1, 0.15) is 73.7 Å². The van der Waals surface area contributed by atoms with Crippen molar-refractivity contribution in [3.8, 4) is 44.8 Å². The van der Waals surface area contributed by atoms with Gasteiger partial charge in [0.2, 0.25) is 31.9 Å². The number of carbonyl (C=O) groups excluding carboxylic acids is 3. The van der Waals surface area contributed by atoms with E-state index in [1.807, 2.05) is 39.8 Å². The molecular weight excluding hydrogens is 1060 g/mol. The molecule has 2 aromatic heterocycles. The molecule has 0 saturated carbocycles. The zero-order chi connectivity index (χ0) is 57.2. The molecule has 3 amide bonds. The number of aryl methyl sites for hydroxylation is 4. The summed E-state index contributed by atoms with van der Waals surface area (Å²) in [6.07, 6.45) is 8.33. The number of amides is 3. The summed E-state index contributed by atoms with van der Waals surface area (Å²) in [7, 11) is -4.40. The van der Waals surface area contributed by atoms with E-state index in [1.165, 1.54) is 62.5 Å². The number of rotatable bonds is 16. The van der Waals surface area contributed by atoms with E-state index in [1.54, 1.807) is 22.2 Å². The van der Waals surface area contributed by atoms with Crippen LogP contribution in [0.25, 0.3) is 44.8 Å². The zero-order valence-electron chi connectivity index (χ0n) is 46.7. The number of piperazine rings is 2. The molecule has 4 aliphatic carbocycles. The number of aromatic nitrogens is 4. The first kappa shape index (κ1) is 57.4. The lowest BCUT2D eigenvalue weighted by Gasteiger charge is -2.41. The van der Waals surface area contributed by atoms with Crippen LogP contribution in [-0.2, 0) is 64.8 Å². The Kier molecular flexibility index (Phi) is 17.1. The van der Waals surface area contributed by atoms with Crippen LogP contribution in [-0.4, -0.2) is 151 Å². The van der Waals surface area contributed by atoms with Crippen molar-refractivity contribution in [3.63, 3.8) is 0 Å². The van der Waals surface area contributed by atoms with Gasteiger partial charge in [-0.3, -0.25) is 9.59 Å². The van der Waals surface area contributed by atoms with E-state index in [2.05, 4.69) is 100.0 Å². The Hall–Kier alpha value is -7.33. The largest absolute Gasteiger partial charge is 0.483 e. The van der Waals surface area contributed by atoms with Crippen LogP contribution in [0.3, 0.4) is 0 Å². The Morgan fingerprint density at radius 3 is 1.35 bits per heavy atom. The summed E-state index contributed by atoms with van der Waals surface area (Å²) in [5, 5.41) is 5.75. The van der Waals surface area contributed by atoms with Crippen LogP contribution in [0.4, 0.5) is 4.79 Å². The maximum absolute atomic E-state index is 14.2. The van der Waals surface area contributed by atoms with Crippen molar-refractivity contribution >= 4 is 38.0 Å². The summed E-state index contributed by atoms with van der Waals surface area (Å²) in [4.78, 5) is 60.0. The fraction of sp³-hybridized carbons (Fsp3) is 0.407. The number of aromatic amines is 2. The average Bonchev–Trinajstić information content (AvgIpc) is 4.16. The second-order valence-corrected chi connectivity index (χ2v) is 25.7. The molecule has 80 heavy (non-hydrogen) atoms. The summed E-state index contributed by atoms with van der Waals surface area (Å²) < 4.78 is 63.8. The quantitative estimate of drug-likeness (QED) is 0.0712. The van der Waals surface area contributed by atoms with Gasteiger partial charge in [-0.05, 0) is 99.7 Å². The first-order valence-corrected chi connectivity index (χ1v) is 30.7. The van der Waals surface area contributed by atoms with E-state index >= 15 is 0 Å². The number of carbonyl (C=O) groups is 3. The van der Waals surface area contributed by atoms with Gasteiger partial charge in [-0.25, -0.2) is 31.6 Å². The SMILES string of the molecule is C=C(N[C@H](C(=O)N1CCN(S(C)(=O)=O)C[C@H]1c1ncc(-c2ccc(-c3cc4ccc3CCc3ccc(c(-c5ccc(-c6cnc([C@@H]7CN(S(C)(=O)=O)CCN7C(=O)[C@@H](NC(=O)OC)C(C)C)[nH]6)cc5)c3)CC4)cc2)[nH]1)C(C)C)OC. The molecule has 2 saturated heterocycles. The third kappa shape index (κ3) is 12.7. The van der Waals surface area contributed by atoms with Gasteiger partial charge in [0.05, 0.1) is 50.5 Å². The molecular formula is C59H72N10O9S2. The summed E-state index contributed by atoms with van der Waals surface area (Å²) in [6, 6.07) is 27.3. The normalized spacial score (nSPS) is 18.1. The Labute approximate surface area is 469 Å².